The predicted octanol–water partition coefficient (Wildman–Crippen LogP) is 4.61. The van der Waals surface area contributed by atoms with E-state index in [1.807, 2.05) is 30.3 Å². The van der Waals surface area contributed by atoms with Crippen LogP contribution in [0.25, 0.3) is 22.4 Å². The van der Waals surface area contributed by atoms with E-state index >= 15 is 0 Å². The van der Waals surface area contributed by atoms with E-state index in [9.17, 15) is 4.39 Å². The van der Waals surface area contributed by atoms with Gasteiger partial charge in [-0.2, -0.15) is 0 Å². The topological polar surface area (TPSA) is 77.6 Å². The SMILES string of the molecule is Nc1cnc(-c2ccc(-c3ccccc3CSc3ncccn3)cc2F)cn1. The van der Waals surface area contributed by atoms with E-state index in [-0.39, 0.29) is 5.82 Å². The standard InChI is InChI=1S/C21H16FN5S/c22-18-10-14(6-7-17(18)19-11-27-20(23)12-26-19)16-5-2-1-4-15(16)13-28-21-24-8-3-9-25-21/h1-12H,13H2,(H2,23,27). The van der Waals surface area contributed by atoms with Gasteiger partial charge >= 0.3 is 0 Å². The number of thioether (sulfide) groups is 1. The van der Waals surface area contributed by atoms with Gasteiger partial charge in [0.05, 0.1) is 18.1 Å². The van der Waals surface area contributed by atoms with Crippen molar-refractivity contribution in [2.75, 3.05) is 5.73 Å². The Morgan fingerprint density at radius 1 is 0.857 bits per heavy atom. The van der Waals surface area contributed by atoms with Gasteiger partial charge in [0.2, 0.25) is 0 Å². The molecule has 2 N–H and O–H groups in total. The highest BCUT2D eigenvalue weighted by Crippen LogP contribution is 2.31. The highest BCUT2D eigenvalue weighted by molar-refractivity contribution is 7.98. The lowest BCUT2D eigenvalue weighted by molar-refractivity contribution is 0.631. The van der Waals surface area contributed by atoms with Gasteiger partial charge in [0, 0.05) is 23.7 Å². The normalized spacial score (nSPS) is 10.8. The first-order valence-electron chi connectivity index (χ1n) is 8.56. The molecule has 0 saturated heterocycles. The molecule has 0 radical (unpaired) electrons. The van der Waals surface area contributed by atoms with Crippen molar-refractivity contribution in [2.45, 2.75) is 10.9 Å². The van der Waals surface area contributed by atoms with Crippen LogP contribution in [0.3, 0.4) is 0 Å². The van der Waals surface area contributed by atoms with Gasteiger partial charge in [-0.25, -0.2) is 19.3 Å². The minimum Gasteiger partial charge on any atom is -0.382 e. The Bertz CT molecular complexity index is 1090. The van der Waals surface area contributed by atoms with E-state index < -0.39 is 0 Å². The molecule has 0 fully saturated rings. The first kappa shape index (κ1) is 18.1. The van der Waals surface area contributed by atoms with Gasteiger partial charge in [0.1, 0.15) is 11.6 Å². The number of nitrogen functional groups attached to an aromatic ring is 1. The van der Waals surface area contributed by atoms with Crippen molar-refractivity contribution in [3.05, 3.63) is 84.7 Å². The summed E-state index contributed by atoms with van der Waals surface area (Å²) in [5.41, 5.74) is 9.24. The molecule has 2 aromatic carbocycles. The summed E-state index contributed by atoms with van der Waals surface area (Å²) in [5.74, 6) is 0.632. The van der Waals surface area contributed by atoms with Crippen LogP contribution in [0.1, 0.15) is 5.56 Å². The highest BCUT2D eigenvalue weighted by Gasteiger charge is 2.11. The molecule has 0 amide bonds. The second-order valence-corrected chi connectivity index (χ2v) is 6.94. The number of hydrogen-bond acceptors (Lipinski definition) is 6. The van der Waals surface area contributed by atoms with Crippen LogP contribution in [-0.4, -0.2) is 19.9 Å². The van der Waals surface area contributed by atoms with Gasteiger partial charge < -0.3 is 5.73 Å². The fourth-order valence-corrected chi connectivity index (χ4v) is 3.60. The number of rotatable bonds is 5. The van der Waals surface area contributed by atoms with Gasteiger partial charge in [-0.15, -0.1) is 0 Å². The lowest BCUT2D eigenvalue weighted by Crippen LogP contribution is -1.95. The number of nitrogens with two attached hydrogens (primary N) is 1. The summed E-state index contributed by atoms with van der Waals surface area (Å²) in [6.45, 7) is 0. The molecule has 0 aliphatic rings. The Kier molecular flexibility index (Phi) is 5.25. The molecule has 0 aliphatic heterocycles. The van der Waals surface area contributed by atoms with E-state index in [0.29, 0.717) is 28.0 Å². The molecule has 0 atom stereocenters. The molecular weight excluding hydrogens is 373 g/mol. The van der Waals surface area contributed by atoms with Crippen LogP contribution in [0.15, 0.2) is 78.5 Å². The number of anilines is 1. The monoisotopic (exact) mass is 389 g/mol. The van der Waals surface area contributed by atoms with Crippen LogP contribution in [-0.2, 0) is 5.75 Å². The largest absolute Gasteiger partial charge is 0.382 e. The third-order valence-corrected chi connectivity index (χ3v) is 5.07. The molecule has 2 aromatic heterocycles. The molecule has 28 heavy (non-hydrogen) atoms. The summed E-state index contributed by atoms with van der Waals surface area (Å²) in [7, 11) is 0. The molecule has 7 heteroatoms. The van der Waals surface area contributed by atoms with Crippen molar-refractivity contribution >= 4 is 17.6 Å². The Labute approximate surface area is 165 Å². The van der Waals surface area contributed by atoms with Crippen molar-refractivity contribution in [1.82, 2.24) is 19.9 Å². The van der Waals surface area contributed by atoms with Crippen molar-refractivity contribution < 1.29 is 4.39 Å². The molecular formula is C21H16FN5S. The molecule has 4 rings (SSSR count). The quantitative estimate of drug-likeness (QED) is 0.397. The summed E-state index contributed by atoms with van der Waals surface area (Å²) in [4.78, 5) is 16.6. The maximum atomic E-state index is 14.8. The van der Waals surface area contributed by atoms with Crippen molar-refractivity contribution in [3.8, 4) is 22.4 Å². The fourth-order valence-electron chi connectivity index (χ4n) is 2.80. The van der Waals surface area contributed by atoms with E-state index in [0.717, 1.165) is 16.7 Å². The zero-order valence-corrected chi connectivity index (χ0v) is 15.6. The molecule has 5 nitrogen and oxygen atoms in total. The highest BCUT2D eigenvalue weighted by atomic mass is 32.2. The second kappa shape index (κ2) is 8.14. The van der Waals surface area contributed by atoms with Crippen LogP contribution in [0.5, 0.6) is 0 Å². The van der Waals surface area contributed by atoms with Crippen molar-refractivity contribution in [2.24, 2.45) is 0 Å². The summed E-state index contributed by atoms with van der Waals surface area (Å²) >= 11 is 1.54. The molecule has 0 saturated carbocycles. The van der Waals surface area contributed by atoms with E-state index in [2.05, 4.69) is 19.9 Å². The van der Waals surface area contributed by atoms with Crippen LogP contribution < -0.4 is 5.73 Å². The zero-order chi connectivity index (χ0) is 19.3. The summed E-state index contributed by atoms with van der Waals surface area (Å²) in [6, 6.07) is 14.8. The smallest absolute Gasteiger partial charge is 0.187 e. The molecule has 0 spiro atoms. The van der Waals surface area contributed by atoms with Crippen LogP contribution in [0.2, 0.25) is 0 Å². The van der Waals surface area contributed by atoms with Gasteiger partial charge in [0.15, 0.2) is 5.16 Å². The number of nitrogens with zero attached hydrogens (tertiary/aromatic N) is 4. The zero-order valence-electron chi connectivity index (χ0n) is 14.8. The second-order valence-electron chi connectivity index (χ2n) is 6.00. The maximum Gasteiger partial charge on any atom is 0.187 e. The molecule has 4 aromatic rings. The minimum atomic E-state index is -0.356. The average molecular weight is 389 g/mol. The fraction of sp³-hybridized carbons (Fsp3) is 0.0476. The van der Waals surface area contributed by atoms with Crippen LogP contribution >= 0.6 is 11.8 Å². The predicted molar refractivity (Wildman–Crippen MR) is 109 cm³/mol. The number of hydrogen-bond donors (Lipinski definition) is 1. The van der Waals surface area contributed by atoms with Crippen LogP contribution in [0, 0.1) is 5.82 Å². The Balaban J connectivity index is 1.62. The maximum absolute atomic E-state index is 14.8. The van der Waals surface area contributed by atoms with E-state index in [1.54, 1.807) is 36.3 Å². The summed E-state index contributed by atoms with van der Waals surface area (Å²) < 4.78 is 14.8. The van der Waals surface area contributed by atoms with Gasteiger partial charge in [-0.05, 0) is 34.9 Å². The Morgan fingerprint density at radius 2 is 1.68 bits per heavy atom. The lowest BCUT2D eigenvalue weighted by atomic mass is 9.98. The average Bonchev–Trinajstić information content (AvgIpc) is 2.74. The number of aromatic nitrogens is 4. The third-order valence-electron chi connectivity index (χ3n) is 4.14. The van der Waals surface area contributed by atoms with E-state index in [4.69, 9.17) is 5.73 Å². The molecule has 138 valence electrons. The molecule has 0 unspecified atom stereocenters. The first-order valence-corrected chi connectivity index (χ1v) is 9.55. The molecule has 0 bridgehead atoms. The number of benzene rings is 2. The van der Waals surface area contributed by atoms with Gasteiger partial charge in [0.25, 0.3) is 0 Å². The minimum absolute atomic E-state index is 0.301. The Hall–Kier alpha value is -3.32. The first-order chi connectivity index (χ1) is 13.7. The third kappa shape index (κ3) is 3.99. The molecule has 2 heterocycles. The molecule has 0 aliphatic carbocycles. The summed E-state index contributed by atoms with van der Waals surface area (Å²) in [5, 5.41) is 0.709. The van der Waals surface area contributed by atoms with E-state index in [1.165, 1.54) is 18.5 Å². The lowest BCUT2D eigenvalue weighted by Gasteiger charge is -2.11. The Morgan fingerprint density at radius 3 is 2.43 bits per heavy atom. The van der Waals surface area contributed by atoms with Gasteiger partial charge in [-0.1, -0.05) is 42.1 Å². The van der Waals surface area contributed by atoms with Crippen LogP contribution in [0.4, 0.5) is 10.2 Å². The van der Waals surface area contributed by atoms with Crippen molar-refractivity contribution in [3.63, 3.8) is 0 Å². The van der Waals surface area contributed by atoms with Crippen molar-refractivity contribution in [1.29, 1.82) is 0 Å². The summed E-state index contributed by atoms with van der Waals surface area (Å²) in [6.07, 6.45) is 6.32. The number of halogens is 1. The van der Waals surface area contributed by atoms with Gasteiger partial charge in [-0.3, -0.25) is 4.98 Å².